The Bertz CT molecular complexity index is 677. The minimum Gasteiger partial charge on any atom is -0.508 e. The molecule has 0 aromatic heterocycles. The van der Waals surface area contributed by atoms with Crippen LogP contribution >= 0.6 is 0 Å². The normalized spacial score (nSPS) is 13.8. The number of ether oxygens (including phenoxy) is 1. The first-order valence-corrected chi connectivity index (χ1v) is 8.24. The quantitative estimate of drug-likeness (QED) is 0.777. The van der Waals surface area contributed by atoms with E-state index in [-0.39, 0.29) is 18.3 Å². The van der Waals surface area contributed by atoms with E-state index in [1.165, 1.54) is 0 Å². The van der Waals surface area contributed by atoms with Gasteiger partial charge in [0.2, 0.25) is 0 Å². The van der Waals surface area contributed by atoms with Crippen molar-refractivity contribution < 1.29 is 19.7 Å². The van der Waals surface area contributed by atoms with E-state index in [0.717, 1.165) is 11.1 Å². The first-order valence-electron chi connectivity index (χ1n) is 8.24. The Balaban J connectivity index is 2.32. The van der Waals surface area contributed by atoms with Gasteiger partial charge in [0.1, 0.15) is 11.4 Å². The number of benzene rings is 2. The molecule has 25 heavy (non-hydrogen) atoms. The van der Waals surface area contributed by atoms with Crippen molar-refractivity contribution in [3.63, 3.8) is 0 Å². The van der Waals surface area contributed by atoms with Crippen molar-refractivity contribution in [1.82, 2.24) is 5.32 Å². The second-order valence-electron chi connectivity index (χ2n) is 6.92. The smallest absolute Gasteiger partial charge is 0.407 e. The van der Waals surface area contributed by atoms with Gasteiger partial charge in [0.25, 0.3) is 0 Å². The Hall–Kier alpha value is -2.53. The Morgan fingerprint density at radius 2 is 1.60 bits per heavy atom. The maximum absolute atomic E-state index is 12.2. The lowest BCUT2D eigenvalue weighted by atomic mass is 9.85. The van der Waals surface area contributed by atoms with Crippen molar-refractivity contribution in [2.75, 3.05) is 6.61 Å². The Labute approximate surface area is 148 Å². The van der Waals surface area contributed by atoms with Gasteiger partial charge in [-0.05, 0) is 44.0 Å². The van der Waals surface area contributed by atoms with Crippen molar-refractivity contribution in [3.8, 4) is 5.75 Å². The Morgan fingerprint density at radius 3 is 2.12 bits per heavy atom. The van der Waals surface area contributed by atoms with Gasteiger partial charge >= 0.3 is 6.09 Å². The summed E-state index contributed by atoms with van der Waals surface area (Å²) in [7, 11) is 0. The summed E-state index contributed by atoms with van der Waals surface area (Å²) in [6.07, 6.45) is -0.578. The zero-order valence-electron chi connectivity index (χ0n) is 14.8. The van der Waals surface area contributed by atoms with Crippen molar-refractivity contribution in [2.24, 2.45) is 0 Å². The maximum atomic E-state index is 12.2. The molecule has 134 valence electrons. The number of aliphatic hydroxyl groups excluding tert-OH is 1. The summed E-state index contributed by atoms with van der Waals surface area (Å²) in [6.45, 7) is 5.11. The molecular weight excluding hydrogens is 318 g/mol. The van der Waals surface area contributed by atoms with E-state index in [1.54, 1.807) is 45.0 Å². The minimum atomic E-state index is -0.620. The molecule has 0 saturated carbocycles. The molecule has 2 unspecified atom stereocenters. The highest BCUT2D eigenvalue weighted by molar-refractivity contribution is 5.68. The monoisotopic (exact) mass is 343 g/mol. The largest absolute Gasteiger partial charge is 0.508 e. The molecule has 1 amide bonds. The van der Waals surface area contributed by atoms with Gasteiger partial charge in [-0.2, -0.15) is 0 Å². The summed E-state index contributed by atoms with van der Waals surface area (Å²) < 4.78 is 5.31. The maximum Gasteiger partial charge on any atom is 0.407 e. The second kappa shape index (κ2) is 8.03. The predicted octanol–water partition coefficient (Wildman–Crippen LogP) is 3.41. The lowest BCUT2D eigenvalue weighted by Gasteiger charge is -2.29. The van der Waals surface area contributed by atoms with Crippen molar-refractivity contribution in [3.05, 3.63) is 65.7 Å². The highest BCUT2D eigenvalue weighted by Gasteiger charge is 2.28. The standard InChI is InChI=1S/C20H25NO4/c1-20(2,3)25-19(24)21-17(13-22)18(14-7-5-4-6-8-14)15-9-11-16(23)12-10-15/h4-12,17-18,22-23H,13H2,1-3H3,(H,21,24). The van der Waals surface area contributed by atoms with Crippen LogP contribution < -0.4 is 5.32 Å². The molecule has 0 aliphatic heterocycles. The van der Waals surface area contributed by atoms with Crippen LogP contribution in [0.25, 0.3) is 0 Å². The van der Waals surface area contributed by atoms with E-state index < -0.39 is 17.7 Å². The molecule has 0 saturated heterocycles. The molecule has 0 aliphatic rings. The molecule has 0 heterocycles. The van der Waals surface area contributed by atoms with E-state index >= 15 is 0 Å². The molecule has 5 nitrogen and oxygen atoms in total. The zero-order valence-corrected chi connectivity index (χ0v) is 14.8. The summed E-state index contributed by atoms with van der Waals surface area (Å²) >= 11 is 0. The molecule has 5 heteroatoms. The van der Waals surface area contributed by atoms with Crippen LogP contribution in [0.1, 0.15) is 37.8 Å². The van der Waals surface area contributed by atoms with Crippen molar-refractivity contribution in [1.29, 1.82) is 0 Å². The number of aromatic hydroxyl groups is 1. The molecule has 2 atom stereocenters. The number of rotatable bonds is 5. The molecule has 2 aromatic carbocycles. The van der Waals surface area contributed by atoms with Crippen LogP contribution in [0.3, 0.4) is 0 Å². The van der Waals surface area contributed by atoms with Crippen LogP contribution in [0, 0.1) is 0 Å². The zero-order chi connectivity index (χ0) is 18.4. The molecule has 0 aliphatic carbocycles. The van der Waals surface area contributed by atoms with E-state index in [1.807, 2.05) is 30.3 Å². The van der Waals surface area contributed by atoms with Crippen LogP contribution in [0.4, 0.5) is 4.79 Å². The lowest BCUT2D eigenvalue weighted by Crippen LogP contribution is -2.44. The van der Waals surface area contributed by atoms with Crippen molar-refractivity contribution in [2.45, 2.75) is 38.3 Å². The first kappa shape index (κ1) is 18.8. The van der Waals surface area contributed by atoms with Crippen LogP contribution in [-0.2, 0) is 4.74 Å². The molecule has 3 N–H and O–H groups in total. The fourth-order valence-electron chi connectivity index (χ4n) is 2.69. The summed E-state index contributed by atoms with van der Waals surface area (Å²) in [5.74, 6) is -0.115. The van der Waals surface area contributed by atoms with Crippen LogP contribution in [0.15, 0.2) is 54.6 Å². The molecule has 2 aromatic rings. The number of aliphatic hydroxyl groups is 1. The number of nitrogens with one attached hydrogen (secondary N) is 1. The number of hydrogen-bond acceptors (Lipinski definition) is 4. The number of phenolic OH excluding ortho intramolecular Hbond substituents is 1. The van der Waals surface area contributed by atoms with Gasteiger partial charge in [-0.3, -0.25) is 0 Å². The van der Waals surface area contributed by atoms with Gasteiger partial charge in [0.05, 0.1) is 12.6 Å². The summed E-state index contributed by atoms with van der Waals surface area (Å²) in [4.78, 5) is 12.2. The molecule has 0 spiro atoms. The van der Waals surface area contributed by atoms with E-state index in [0.29, 0.717) is 0 Å². The lowest BCUT2D eigenvalue weighted by molar-refractivity contribution is 0.0476. The summed E-state index contributed by atoms with van der Waals surface area (Å²) in [5.41, 5.74) is 1.20. The first-order chi connectivity index (χ1) is 11.8. The van der Waals surface area contributed by atoms with E-state index in [4.69, 9.17) is 4.74 Å². The van der Waals surface area contributed by atoms with Crippen LogP contribution in [0.2, 0.25) is 0 Å². The molecule has 0 fully saturated rings. The topological polar surface area (TPSA) is 78.8 Å². The molecule has 0 bridgehead atoms. The molecule has 2 rings (SSSR count). The highest BCUT2D eigenvalue weighted by atomic mass is 16.6. The Kier molecular flexibility index (Phi) is 6.04. The van der Waals surface area contributed by atoms with Crippen LogP contribution in [0.5, 0.6) is 5.75 Å². The number of carbonyl (C=O) groups is 1. The minimum absolute atomic E-state index is 0.163. The fourth-order valence-corrected chi connectivity index (χ4v) is 2.69. The Morgan fingerprint density at radius 1 is 1.04 bits per heavy atom. The number of carbonyl (C=O) groups excluding carboxylic acids is 1. The van der Waals surface area contributed by atoms with Crippen molar-refractivity contribution >= 4 is 6.09 Å². The van der Waals surface area contributed by atoms with Gasteiger partial charge in [-0.25, -0.2) is 4.79 Å². The summed E-state index contributed by atoms with van der Waals surface area (Å²) in [6, 6.07) is 15.8. The van der Waals surface area contributed by atoms with E-state index in [9.17, 15) is 15.0 Å². The third-order valence-corrected chi connectivity index (χ3v) is 3.71. The molecular formula is C20H25NO4. The van der Waals surface area contributed by atoms with Gasteiger partial charge in [-0.15, -0.1) is 0 Å². The third-order valence-electron chi connectivity index (χ3n) is 3.71. The number of alkyl carbamates (subject to hydrolysis) is 1. The van der Waals surface area contributed by atoms with Crippen LogP contribution in [-0.4, -0.2) is 34.6 Å². The van der Waals surface area contributed by atoms with Gasteiger partial charge < -0.3 is 20.3 Å². The van der Waals surface area contributed by atoms with Gasteiger partial charge in [0.15, 0.2) is 0 Å². The second-order valence-corrected chi connectivity index (χ2v) is 6.92. The predicted molar refractivity (Wildman–Crippen MR) is 96.6 cm³/mol. The number of amides is 1. The van der Waals surface area contributed by atoms with Gasteiger partial charge in [-0.1, -0.05) is 42.5 Å². The third kappa shape index (κ3) is 5.50. The average molecular weight is 343 g/mol. The summed E-state index contributed by atoms with van der Waals surface area (Å²) in [5, 5.41) is 22.2. The fraction of sp³-hybridized carbons (Fsp3) is 0.350. The van der Waals surface area contributed by atoms with E-state index in [2.05, 4.69) is 5.32 Å². The van der Waals surface area contributed by atoms with Gasteiger partial charge in [0, 0.05) is 5.92 Å². The highest BCUT2D eigenvalue weighted by Crippen LogP contribution is 2.29. The number of phenols is 1. The molecule has 0 radical (unpaired) electrons. The SMILES string of the molecule is CC(C)(C)OC(=O)NC(CO)C(c1ccccc1)c1ccc(O)cc1. The average Bonchev–Trinajstić information content (AvgIpc) is 2.55. The number of hydrogen-bond donors (Lipinski definition) is 3.